The number of carboxylic acids is 1. The fourth-order valence-electron chi connectivity index (χ4n) is 2.59. The monoisotopic (exact) mass is 343 g/mol. The Balaban J connectivity index is 1.88. The summed E-state index contributed by atoms with van der Waals surface area (Å²) >= 11 is 0. The van der Waals surface area contributed by atoms with Crippen LogP contribution in [0.3, 0.4) is 0 Å². The molecule has 0 spiro atoms. The lowest BCUT2D eigenvalue weighted by molar-refractivity contribution is -0.142. The van der Waals surface area contributed by atoms with Gasteiger partial charge in [-0.1, -0.05) is 19.1 Å². The molecular weight excluding hydrogens is 326 g/mol. The van der Waals surface area contributed by atoms with Gasteiger partial charge in [-0.05, 0) is 12.1 Å². The maximum Gasteiger partial charge on any atom is 0.308 e. The number of aliphatic carboxylic acids is 1. The highest BCUT2D eigenvalue weighted by molar-refractivity contribution is 6.01. The van der Waals surface area contributed by atoms with Crippen LogP contribution in [0, 0.1) is 5.92 Å². The summed E-state index contributed by atoms with van der Waals surface area (Å²) in [5, 5.41) is 9.65. The Labute approximate surface area is 142 Å². The highest BCUT2D eigenvalue weighted by Gasteiger charge is 2.19. The first-order valence-corrected chi connectivity index (χ1v) is 7.72. The predicted molar refractivity (Wildman–Crippen MR) is 90.2 cm³/mol. The summed E-state index contributed by atoms with van der Waals surface area (Å²) in [6.07, 6.45) is 1.30. The first-order valence-electron chi connectivity index (χ1n) is 7.72. The predicted octanol–water partition coefficient (Wildman–Crippen LogP) is 1.32. The molecule has 8 nitrogen and oxygen atoms in total. The molecule has 0 fully saturated rings. The molecule has 0 radical (unpaired) electrons. The Morgan fingerprint density at radius 1 is 1.36 bits per heavy atom. The van der Waals surface area contributed by atoms with Gasteiger partial charge < -0.3 is 14.4 Å². The summed E-state index contributed by atoms with van der Waals surface area (Å²) in [4.78, 5) is 41.2. The van der Waals surface area contributed by atoms with Gasteiger partial charge in [0.05, 0.1) is 12.2 Å². The molecule has 0 aliphatic rings. The number of furan rings is 1. The average Bonchev–Trinajstić information content (AvgIpc) is 2.96. The van der Waals surface area contributed by atoms with Gasteiger partial charge in [0, 0.05) is 19.0 Å². The minimum atomic E-state index is -0.984. The van der Waals surface area contributed by atoms with Crippen LogP contribution in [-0.2, 0) is 16.1 Å². The fourth-order valence-corrected chi connectivity index (χ4v) is 2.59. The number of carbonyl (C=O) groups is 2. The van der Waals surface area contributed by atoms with Gasteiger partial charge in [-0.25, -0.2) is 4.98 Å². The smallest absolute Gasteiger partial charge is 0.308 e. The van der Waals surface area contributed by atoms with Crippen molar-refractivity contribution in [2.45, 2.75) is 13.5 Å². The van der Waals surface area contributed by atoms with Gasteiger partial charge in [0.25, 0.3) is 5.56 Å². The largest absolute Gasteiger partial charge is 0.481 e. The van der Waals surface area contributed by atoms with Crippen LogP contribution in [0.5, 0.6) is 0 Å². The molecule has 1 aromatic carbocycles. The molecule has 0 saturated carbocycles. The number of benzene rings is 1. The van der Waals surface area contributed by atoms with Gasteiger partial charge in [0.2, 0.25) is 11.5 Å². The molecule has 1 N–H and O–H groups in total. The minimum Gasteiger partial charge on any atom is -0.481 e. The van der Waals surface area contributed by atoms with Crippen LogP contribution in [0.25, 0.3) is 22.1 Å². The number of fused-ring (bicyclic) bond motifs is 3. The van der Waals surface area contributed by atoms with E-state index in [1.165, 1.54) is 25.2 Å². The second kappa shape index (κ2) is 6.39. The van der Waals surface area contributed by atoms with Gasteiger partial charge in [-0.3, -0.25) is 19.0 Å². The van der Waals surface area contributed by atoms with E-state index in [0.29, 0.717) is 11.1 Å². The molecule has 2 aromatic heterocycles. The molecule has 0 aliphatic heterocycles. The number of hydrogen-bond acceptors (Lipinski definition) is 5. The summed E-state index contributed by atoms with van der Waals surface area (Å²) in [5.74, 6) is -2.06. The number of aromatic nitrogens is 2. The Bertz CT molecular complexity index is 1020. The summed E-state index contributed by atoms with van der Waals surface area (Å²) in [7, 11) is 1.50. The molecular formula is C17H17N3O5. The van der Waals surface area contributed by atoms with Crippen molar-refractivity contribution in [3.05, 3.63) is 40.9 Å². The van der Waals surface area contributed by atoms with Crippen LogP contribution >= 0.6 is 0 Å². The zero-order valence-corrected chi connectivity index (χ0v) is 13.8. The van der Waals surface area contributed by atoms with E-state index in [1.807, 2.05) is 12.1 Å². The average molecular weight is 343 g/mol. The molecule has 25 heavy (non-hydrogen) atoms. The third kappa shape index (κ3) is 3.10. The van der Waals surface area contributed by atoms with E-state index >= 15 is 0 Å². The van der Waals surface area contributed by atoms with Crippen LogP contribution in [0.2, 0.25) is 0 Å². The Morgan fingerprint density at radius 3 is 2.80 bits per heavy atom. The summed E-state index contributed by atoms with van der Waals surface area (Å²) in [6, 6.07) is 7.18. The number of para-hydroxylation sites is 1. The number of carboxylic acid groups (broad SMARTS) is 1. The molecule has 0 bridgehead atoms. The second-order valence-corrected chi connectivity index (χ2v) is 5.97. The van der Waals surface area contributed by atoms with Gasteiger partial charge in [-0.15, -0.1) is 0 Å². The van der Waals surface area contributed by atoms with Crippen molar-refractivity contribution in [1.82, 2.24) is 14.5 Å². The molecule has 0 saturated heterocycles. The number of amides is 1. The third-order valence-electron chi connectivity index (χ3n) is 4.05. The summed E-state index contributed by atoms with van der Waals surface area (Å²) in [6.45, 7) is 1.34. The lowest BCUT2D eigenvalue weighted by Gasteiger charge is -2.19. The van der Waals surface area contributed by atoms with Crippen molar-refractivity contribution in [3.63, 3.8) is 0 Å². The number of carbonyl (C=O) groups excluding carboxylic acids is 1. The second-order valence-electron chi connectivity index (χ2n) is 5.97. The van der Waals surface area contributed by atoms with Crippen molar-refractivity contribution in [2.75, 3.05) is 13.6 Å². The number of nitrogens with zero attached hydrogens (tertiary/aromatic N) is 3. The van der Waals surface area contributed by atoms with E-state index in [0.717, 1.165) is 9.95 Å². The fraction of sp³-hybridized carbons (Fsp3) is 0.294. The maximum absolute atomic E-state index is 12.6. The van der Waals surface area contributed by atoms with E-state index in [2.05, 4.69) is 4.98 Å². The molecule has 3 rings (SSSR count). The zero-order valence-electron chi connectivity index (χ0n) is 13.8. The van der Waals surface area contributed by atoms with E-state index in [4.69, 9.17) is 9.52 Å². The number of rotatable bonds is 5. The van der Waals surface area contributed by atoms with Crippen LogP contribution in [-0.4, -0.2) is 45.0 Å². The van der Waals surface area contributed by atoms with Crippen LogP contribution in [0.1, 0.15) is 6.92 Å². The molecule has 130 valence electrons. The lowest BCUT2D eigenvalue weighted by Crippen LogP contribution is -2.37. The van der Waals surface area contributed by atoms with Gasteiger partial charge in [-0.2, -0.15) is 0 Å². The van der Waals surface area contributed by atoms with E-state index in [1.54, 1.807) is 12.1 Å². The molecule has 1 atom stereocenters. The van der Waals surface area contributed by atoms with Crippen molar-refractivity contribution >= 4 is 33.9 Å². The zero-order chi connectivity index (χ0) is 18.1. The highest BCUT2D eigenvalue weighted by Crippen LogP contribution is 2.23. The van der Waals surface area contributed by atoms with Crippen molar-refractivity contribution in [2.24, 2.45) is 5.92 Å². The van der Waals surface area contributed by atoms with Crippen molar-refractivity contribution in [1.29, 1.82) is 0 Å². The first kappa shape index (κ1) is 16.7. The van der Waals surface area contributed by atoms with Gasteiger partial charge in [0.15, 0.2) is 0 Å². The SMILES string of the molecule is CC(CN(C)C(=O)Cn1cnc2c(oc3ccccc32)c1=O)C(=O)O. The Kier molecular flexibility index (Phi) is 4.26. The van der Waals surface area contributed by atoms with Crippen molar-refractivity contribution < 1.29 is 19.1 Å². The minimum absolute atomic E-state index is 0.0588. The lowest BCUT2D eigenvalue weighted by atomic mass is 10.2. The molecule has 8 heteroatoms. The molecule has 0 aliphatic carbocycles. The molecule has 3 aromatic rings. The molecule has 1 amide bonds. The molecule has 2 heterocycles. The van der Waals surface area contributed by atoms with Gasteiger partial charge in [0.1, 0.15) is 17.6 Å². The topological polar surface area (TPSA) is 106 Å². The highest BCUT2D eigenvalue weighted by atomic mass is 16.4. The maximum atomic E-state index is 12.6. The quantitative estimate of drug-likeness (QED) is 0.749. The van der Waals surface area contributed by atoms with Crippen LogP contribution in [0.4, 0.5) is 0 Å². The first-order chi connectivity index (χ1) is 11.9. The Hall–Kier alpha value is -3.16. The van der Waals surface area contributed by atoms with Crippen molar-refractivity contribution in [3.8, 4) is 0 Å². The summed E-state index contributed by atoms with van der Waals surface area (Å²) < 4.78 is 6.73. The normalized spacial score (nSPS) is 12.4. The van der Waals surface area contributed by atoms with Gasteiger partial charge >= 0.3 is 5.97 Å². The van der Waals surface area contributed by atoms with Crippen LogP contribution < -0.4 is 5.56 Å². The standard InChI is InChI=1S/C17H17N3O5/c1-10(17(23)24)7-19(2)13(21)8-20-9-18-14-11-5-3-4-6-12(11)25-15(14)16(20)22/h3-6,9-10H,7-8H2,1-2H3,(H,23,24). The van der Waals surface area contributed by atoms with E-state index in [9.17, 15) is 14.4 Å². The Morgan fingerprint density at radius 2 is 2.08 bits per heavy atom. The van der Waals surface area contributed by atoms with E-state index < -0.39 is 17.4 Å². The van der Waals surface area contributed by atoms with Crippen LogP contribution in [0.15, 0.2) is 39.8 Å². The number of likely N-dealkylation sites (N-methyl/N-ethyl adjacent to an activating group) is 1. The third-order valence-corrected chi connectivity index (χ3v) is 4.05. The summed E-state index contributed by atoms with van der Waals surface area (Å²) in [5.41, 5.74) is 0.656. The number of hydrogen-bond donors (Lipinski definition) is 1. The molecule has 1 unspecified atom stereocenters. The van der Waals surface area contributed by atoms with E-state index in [-0.39, 0.29) is 24.6 Å².